The third-order valence-electron chi connectivity index (χ3n) is 15.2. The number of hydrogen-bond donors (Lipinski definition) is 0. The zero-order valence-corrected chi connectivity index (χ0v) is 35.4. The molecule has 0 heterocycles. The van der Waals surface area contributed by atoms with Crippen LogP contribution in [0.25, 0.3) is 121 Å². The maximum absolute atomic E-state index is 2.46. The van der Waals surface area contributed by atoms with Gasteiger partial charge in [-0.25, -0.2) is 0 Å². The highest BCUT2D eigenvalue weighted by Crippen LogP contribution is 2.65. The third kappa shape index (κ3) is 4.46. The first kappa shape index (κ1) is 35.2. The van der Waals surface area contributed by atoms with E-state index in [4.69, 9.17) is 0 Å². The molecule has 65 heavy (non-hydrogen) atoms. The van der Waals surface area contributed by atoms with Crippen LogP contribution < -0.4 is 0 Å². The van der Waals surface area contributed by atoms with E-state index in [1.807, 2.05) is 0 Å². The van der Waals surface area contributed by atoms with Crippen molar-refractivity contribution in [3.8, 4) is 77.9 Å². The summed E-state index contributed by atoms with van der Waals surface area (Å²) in [6.07, 6.45) is 0. The first-order chi connectivity index (χ1) is 32.3. The van der Waals surface area contributed by atoms with Crippen molar-refractivity contribution in [3.05, 3.63) is 253 Å². The number of benzene rings is 12. The highest BCUT2D eigenvalue weighted by Gasteiger charge is 2.52. The molecule has 0 heteroatoms. The molecule has 0 aliphatic heterocycles. The highest BCUT2D eigenvalue weighted by molar-refractivity contribution is 6.29. The van der Waals surface area contributed by atoms with Gasteiger partial charge in [-0.05, 0) is 149 Å². The Morgan fingerprint density at radius 2 is 0.754 bits per heavy atom. The molecule has 12 aromatic carbocycles. The van der Waals surface area contributed by atoms with Crippen molar-refractivity contribution in [2.45, 2.75) is 5.41 Å². The standard InChI is InChI=1S/C65H38/c1-3-17-40(18-4-1)58-50-24-9-10-25-51(50)59(41-19-5-2-6-20-41)63-53-36-35-44(49-26-15-27-52(60(49)53)62(58)63)42-30-33-46-43(38-42)31-34-54-61-45-21-8-7-16-39(45)32-37-57(61)65(64(46)54)55-28-13-11-22-47(55)48-23-12-14-29-56(48)65/h1-38H. The third-order valence-corrected chi connectivity index (χ3v) is 15.2. The van der Waals surface area contributed by atoms with E-state index in [1.54, 1.807) is 0 Å². The summed E-state index contributed by atoms with van der Waals surface area (Å²) >= 11 is 0. The minimum absolute atomic E-state index is 0.437. The Hall–Kier alpha value is -8.32. The van der Waals surface area contributed by atoms with Crippen LogP contribution in [-0.4, -0.2) is 0 Å². The molecule has 0 unspecified atom stereocenters. The fourth-order valence-corrected chi connectivity index (χ4v) is 12.8. The maximum atomic E-state index is 2.46. The van der Waals surface area contributed by atoms with E-state index in [0.29, 0.717) is 0 Å². The topological polar surface area (TPSA) is 0 Å². The summed E-state index contributed by atoms with van der Waals surface area (Å²) in [5.74, 6) is 0. The molecule has 298 valence electrons. The number of fused-ring (bicyclic) bond motifs is 18. The average Bonchev–Trinajstić information content (AvgIpc) is 3.99. The lowest BCUT2D eigenvalue weighted by molar-refractivity contribution is 0.802. The summed E-state index contributed by atoms with van der Waals surface area (Å²) in [7, 11) is 0. The van der Waals surface area contributed by atoms with Crippen molar-refractivity contribution in [3.63, 3.8) is 0 Å². The monoisotopic (exact) mass is 818 g/mol. The van der Waals surface area contributed by atoms with Gasteiger partial charge < -0.3 is 0 Å². The van der Waals surface area contributed by atoms with Crippen molar-refractivity contribution in [1.29, 1.82) is 0 Å². The molecule has 3 aliphatic rings. The molecule has 12 aromatic rings. The van der Waals surface area contributed by atoms with Gasteiger partial charge in [0.25, 0.3) is 0 Å². The highest BCUT2D eigenvalue weighted by atomic mass is 14.5. The minimum atomic E-state index is -0.437. The van der Waals surface area contributed by atoms with Gasteiger partial charge in [0.2, 0.25) is 0 Å². The predicted molar refractivity (Wildman–Crippen MR) is 274 cm³/mol. The zero-order valence-electron chi connectivity index (χ0n) is 35.4. The van der Waals surface area contributed by atoms with E-state index in [0.717, 1.165) is 0 Å². The molecule has 0 atom stereocenters. The quantitative estimate of drug-likeness (QED) is 0.167. The molecule has 0 saturated heterocycles. The summed E-state index contributed by atoms with van der Waals surface area (Å²) in [4.78, 5) is 0. The second-order valence-corrected chi connectivity index (χ2v) is 18.1. The smallest absolute Gasteiger partial charge is 0.0622 e. The average molecular weight is 819 g/mol. The van der Waals surface area contributed by atoms with E-state index in [-0.39, 0.29) is 0 Å². The van der Waals surface area contributed by atoms with Crippen molar-refractivity contribution in [2.75, 3.05) is 0 Å². The Morgan fingerprint density at radius 1 is 0.231 bits per heavy atom. The lowest BCUT2D eigenvalue weighted by atomic mass is 9.69. The van der Waals surface area contributed by atoms with Crippen LogP contribution in [0.2, 0.25) is 0 Å². The first-order valence-corrected chi connectivity index (χ1v) is 22.8. The van der Waals surface area contributed by atoms with E-state index in [2.05, 4.69) is 231 Å². The van der Waals surface area contributed by atoms with Gasteiger partial charge in [0.15, 0.2) is 0 Å². The lowest BCUT2D eigenvalue weighted by Gasteiger charge is -2.31. The van der Waals surface area contributed by atoms with Gasteiger partial charge in [-0.1, -0.05) is 224 Å². The van der Waals surface area contributed by atoms with Crippen LogP contribution in [0.3, 0.4) is 0 Å². The van der Waals surface area contributed by atoms with E-state index < -0.39 is 5.41 Å². The molecule has 1 spiro atoms. The molecule has 15 rings (SSSR count). The van der Waals surface area contributed by atoms with Crippen molar-refractivity contribution >= 4 is 43.1 Å². The number of rotatable bonds is 3. The van der Waals surface area contributed by atoms with Crippen LogP contribution in [0.4, 0.5) is 0 Å². The Labute approximate surface area is 377 Å². The largest absolute Gasteiger partial charge is 0.0731 e. The molecule has 0 aromatic heterocycles. The molecule has 0 bridgehead atoms. The Bertz CT molecular complexity index is 3900. The number of hydrogen-bond acceptors (Lipinski definition) is 0. The van der Waals surface area contributed by atoms with E-state index in [9.17, 15) is 0 Å². The second-order valence-electron chi connectivity index (χ2n) is 18.1. The maximum Gasteiger partial charge on any atom is 0.0731 e. The summed E-state index contributed by atoms with van der Waals surface area (Å²) in [5, 5.41) is 10.3. The summed E-state index contributed by atoms with van der Waals surface area (Å²) < 4.78 is 0. The Kier molecular flexibility index (Phi) is 6.97. The van der Waals surface area contributed by atoms with Gasteiger partial charge in [0, 0.05) is 0 Å². The van der Waals surface area contributed by atoms with Crippen LogP contribution in [0, 0.1) is 0 Å². The van der Waals surface area contributed by atoms with Gasteiger partial charge in [-0.3, -0.25) is 0 Å². The summed E-state index contributed by atoms with van der Waals surface area (Å²) in [6, 6.07) is 87.0. The SMILES string of the molecule is c1ccc(-c2c3c(c(-c4ccccc4)c4ccccc24)-c2ccc(-c4ccc5c6c(ccc5c4)-c4c(ccc5ccccc45)C64c5ccccc5-c5ccccc54)c4cccc-3c24)cc1. The van der Waals surface area contributed by atoms with Gasteiger partial charge >= 0.3 is 0 Å². The molecule has 0 radical (unpaired) electrons. The van der Waals surface area contributed by atoms with Crippen molar-refractivity contribution < 1.29 is 0 Å². The van der Waals surface area contributed by atoms with E-state index >= 15 is 0 Å². The first-order valence-electron chi connectivity index (χ1n) is 22.8. The molecule has 0 saturated carbocycles. The lowest BCUT2D eigenvalue weighted by Crippen LogP contribution is -2.26. The molecule has 0 fully saturated rings. The molecule has 0 N–H and O–H groups in total. The fraction of sp³-hybridized carbons (Fsp3) is 0.0154. The van der Waals surface area contributed by atoms with Gasteiger partial charge in [-0.15, -0.1) is 0 Å². The normalized spacial score (nSPS) is 13.4. The Morgan fingerprint density at radius 3 is 1.45 bits per heavy atom. The van der Waals surface area contributed by atoms with Crippen molar-refractivity contribution in [1.82, 2.24) is 0 Å². The van der Waals surface area contributed by atoms with Crippen LogP contribution in [0.5, 0.6) is 0 Å². The van der Waals surface area contributed by atoms with Crippen LogP contribution in [0.1, 0.15) is 22.3 Å². The van der Waals surface area contributed by atoms with Crippen LogP contribution in [-0.2, 0) is 5.41 Å². The molecular weight excluding hydrogens is 781 g/mol. The molecule has 0 nitrogen and oxygen atoms in total. The van der Waals surface area contributed by atoms with Crippen LogP contribution >= 0.6 is 0 Å². The minimum Gasteiger partial charge on any atom is -0.0622 e. The van der Waals surface area contributed by atoms with Crippen molar-refractivity contribution in [2.24, 2.45) is 0 Å². The zero-order chi connectivity index (χ0) is 42.4. The van der Waals surface area contributed by atoms with E-state index in [1.165, 1.54) is 143 Å². The van der Waals surface area contributed by atoms with Gasteiger partial charge in [0.1, 0.15) is 0 Å². The second kappa shape index (κ2) is 12.9. The fourth-order valence-electron chi connectivity index (χ4n) is 12.8. The molecular formula is C65H38. The van der Waals surface area contributed by atoms with Gasteiger partial charge in [-0.2, -0.15) is 0 Å². The predicted octanol–water partition coefficient (Wildman–Crippen LogP) is 17.3. The Balaban J connectivity index is 0.993. The van der Waals surface area contributed by atoms with Crippen LogP contribution in [0.15, 0.2) is 231 Å². The molecule has 3 aliphatic carbocycles. The molecule has 0 amide bonds. The van der Waals surface area contributed by atoms with Gasteiger partial charge in [0.05, 0.1) is 5.41 Å². The summed E-state index contributed by atoms with van der Waals surface area (Å²) in [6.45, 7) is 0. The summed E-state index contributed by atoms with van der Waals surface area (Å²) in [5.41, 5.74) is 23.3.